The van der Waals surface area contributed by atoms with Gasteiger partial charge in [-0.1, -0.05) is 29.5 Å². The molecule has 3 heteroatoms. The zero-order valence-corrected chi connectivity index (χ0v) is 8.84. The van der Waals surface area contributed by atoms with Gasteiger partial charge in [0.05, 0.1) is 12.5 Å². The molecule has 0 aromatic carbocycles. The molecule has 1 aliphatic heterocycles. The maximum Gasteiger partial charge on any atom is 0.308 e. The van der Waals surface area contributed by atoms with Crippen molar-refractivity contribution < 1.29 is 9.53 Å². The number of carbonyl (C=O) groups is 1. The number of alkyl halides is 1. The molecule has 0 unspecified atom stereocenters. The summed E-state index contributed by atoms with van der Waals surface area (Å²) in [6.07, 6.45) is 3.17. The van der Waals surface area contributed by atoms with Gasteiger partial charge in [0.2, 0.25) is 0 Å². The second-order valence-corrected chi connectivity index (χ2v) is 4.81. The third kappa shape index (κ3) is 2.97. The topological polar surface area (TPSA) is 26.3 Å². The highest BCUT2D eigenvalue weighted by molar-refractivity contribution is 14.1. The lowest BCUT2D eigenvalue weighted by molar-refractivity contribution is -0.148. The molecule has 2 atom stereocenters. The Labute approximate surface area is 80.8 Å². The van der Waals surface area contributed by atoms with E-state index in [1.54, 1.807) is 0 Å². The van der Waals surface area contributed by atoms with Crippen LogP contribution in [0.15, 0.2) is 0 Å². The SMILES string of the molecule is C[C@H]1C[C@@H](I)CCCOC1=O. The van der Waals surface area contributed by atoms with Gasteiger partial charge >= 0.3 is 5.97 Å². The zero-order chi connectivity index (χ0) is 8.27. The van der Waals surface area contributed by atoms with Crippen molar-refractivity contribution in [2.24, 2.45) is 5.92 Å². The van der Waals surface area contributed by atoms with Crippen LogP contribution in [0.25, 0.3) is 0 Å². The van der Waals surface area contributed by atoms with Crippen molar-refractivity contribution in [1.82, 2.24) is 0 Å². The van der Waals surface area contributed by atoms with Gasteiger partial charge in [-0.25, -0.2) is 0 Å². The molecule has 0 amide bonds. The molecule has 64 valence electrons. The van der Waals surface area contributed by atoms with Gasteiger partial charge in [-0.3, -0.25) is 4.79 Å². The van der Waals surface area contributed by atoms with E-state index in [1.165, 1.54) is 6.42 Å². The number of hydrogen-bond acceptors (Lipinski definition) is 2. The van der Waals surface area contributed by atoms with Crippen molar-refractivity contribution in [2.75, 3.05) is 6.61 Å². The molecule has 1 saturated heterocycles. The monoisotopic (exact) mass is 268 g/mol. The number of cyclic esters (lactones) is 1. The van der Waals surface area contributed by atoms with Gasteiger partial charge in [0.25, 0.3) is 0 Å². The highest BCUT2D eigenvalue weighted by Gasteiger charge is 2.20. The molecular weight excluding hydrogens is 255 g/mol. The summed E-state index contributed by atoms with van der Waals surface area (Å²) in [5.74, 6) is 0.0727. The van der Waals surface area contributed by atoms with E-state index in [1.807, 2.05) is 6.92 Å². The number of carbonyl (C=O) groups excluding carboxylic acids is 1. The molecule has 0 saturated carbocycles. The molecule has 1 heterocycles. The van der Waals surface area contributed by atoms with Crippen LogP contribution in [-0.2, 0) is 9.53 Å². The van der Waals surface area contributed by atoms with Crippen molar-refractivity contribution in [1.29, 1.82) is 0 Å². The molecule has 0 N–H and O–H groups in total. The van der Waals surface area contributed by atoms with E-state index in [0.29, 0.717) is 10.5 Å². The van der Waals surface area contributed by atoms with Crippen molar-refractivity contribution in [3.05, 3.63) is 0 Å². The zero-order valence-electron chi connectivity index (χ0n) is 6.68. The van der Waals surface area contributed by atoms with Gasteiger partial charge in [0.1, 0.15) is 0 Å². The minimum absolute atomic E-state index is 0.0219. The molecule has 0 bridgehead atoms. The van der Waals surface area contributed by atoms with Gasteiger partial charge in [-0.15, -0.1) is 0 Å². The first kappa shape index (κ1) is 9.29. The number of hydrogen-bond donors (Lipinski definition) is 0. The van der Waals surface area contributed by atoms with Crippen LogP contribution in [0.1, 0.15) is 26.2 Å². The summed E-state index contributed by atoms with van der Waals surface area (Å²) in [6, 6.07) is 0. The second-order valence-electron chi connectivity index (χ2n) is 3.04. The van der Waals surface area contributed by atoms with Crippen LogP contribution in [0, 0.1) is 5.92 Å². The molecule has 0 radical (unpaired) electrons. The summed E-state index contributed by atoms with van der Waals surface area (Å²) < 4.78 is 5.65. The van der Waals surface area contributed by atoms with E-state index in [-0.39, 0.29) is 11.9 Å². The molecule has 0 aromatic heterocycles. The van der Waals surface area contributed by atoms with Crippen LogP contribution < -0.4 is 0 Å². The highest BCUT2D eigenvalue weighted by Crippen LogP contribution is 2.21. The van der Waals surface area contributed by atoms with Crippen LogP contribution in [0.2, 0.25) is 0 Å². The molecular formula is C8H13IO2. The van der Waals surface area contributed by atoms with E-state index < -0.39 is 0 Å². The average molecular weight is 268 g/mol. The van der Waals surface area contributed by atoms with E-state index in [2.05, 4.69) is 22.6 Å². The molecule has 2 nitrogen and oxygen atoms in total. The van der Waals surface area contributed by atoms with Gasteiger partial charge in [0.15, 0.2) is 0 Å². The number of rotatable bonds is 0. The fourth-order valence-corrected chi connectivity index (χ4v) is 2.42. The lowest BCUT2D eigenvalue weighted by Gasteiger charge is -2.18. The number of esters is 1. The van der Waals surface area contributed by atoms with Crippen molar-refractivity contribution >= 4 is 28.6 Å². The standard InChI is InChI=1S/C8H13IO2/c1-6-5-7(9)3-2-4-11-8(6)10/h6-7H,2-5H2,1H3/t6-,7-/m0/s1. The van der Waals surface area contributed by atoms with Gasteiger partial charge < -0.3 is 4.74 Å². The quantitative estimate of drug-likeness (QED) is 0.382. The summed E-state index contributed by atoms with van der Waals surface area (Å²) in [6.45, 7) is 2.56. The first-order chi connectivity index (χ1) is 5.20. The minimum atomic E-state index is -0.0219. The van der Waals surface area contributed by atoms with E-state index in [9.17, 15) is 4.79 Å². The molecule has 1 rings (SSSR count). The lowest BCUT2D eigenvalue weighted by atomic mass is 10.0. The van der Waals surface area contributed by atoms with Crippen molar-refractivity contribution in [2.45, 2.75) is 30.1 Å². The van der Waals surface area contributed by atoms with Crippen LogP contribution >= 0.6 is 22.6 Å². The normalized spacial score (nSPS) is 33.8. The minimum Gasteiger partial charge on any atom is -0.465 e. The maximum atomic E-state index is 11.1. The van der Waals surface area contributed by atoms with Crippen LogP contribution in [0.4, 0.5) is 0 Å². The summed E-state index contributed by atoms with van der Waals surface area (Å²) in [7, 11) is 0. The second kappa shape index (κ2) is 4.28. The largest absolute Gasteiger partial charge is 0.465 e. The first-order valence-corrected chi connectivity index (χ1v) is 5.25. The van der Waals surface area contributed by atoms with E-state index in [0.717, 1.165) is 12.8 Å². The van der Waals surface area contributed by atoms with Gasteiger partial charge in [0, 0.05) is 3.92 Å². The van der Waals surface area contributed by atoms with Crippen LogP contribution in [0.3, 0.4) is 0 Å². The Morgan fingerprint density at radius 1 is 1.64 bits per heavy atom. The molecule has 11 heavy (non-hydrogen) atoms. The van der Waals surface area contributed by atoms with Crippen LogP contribution in [-0.4, -0.2) is 16.5 Å². The highest BCUT2D eigenvalue weighted by atomic mass is 127. The summed E-state index contributed by atoms with van der Waals surface area (Å²) in [5.41, 5.74) is 0. The van der Waals surface area contributed by atoms with Crippen LogP contribution in [0.5, 0.6) is 0 Å². The predicted molar refractivity (Wildman–Crippen MR) is 51.8 cm³/mol. The number of ether oxygens (including phenoxy) is 1. The lowest BCUT2D eigenvalue weighted by Crippen LogP contribution is -2.22. The molecule has 0 spiro atoms. The van der Waals surface area contributed by atoms with Crippen molar-refractivity contribution in [3.8, 4) is 0 Å². The molecule has 0 aliphatic carbocycles. The van der Waals surface area contributed by atoms with Gasteiger partial charge in [-0.05, 0) is 19.3 Å². The third-order valence-electron chi connectivity index (χ3n) is 1.92. The Morgan fingerprint density at radius 2 is 2.36 bits per heavy atom. The Kier molecular flexibility index (Phi) is 3.62. The van der Waals surface area contributed by atoms with Gasteiger partial charge in [-0.2, -0.15) is 0 Å². The average Bonchev–Trinajstić information content (AvgIpc) is 1.95. The Hall–Kier alpha value is 0.200. The Balaban J connectivity index is 2.45. The van der Waals surface area contributed by atoms with E-state index >= 15 is 0 Å². The third-order valence-corrected chi connectivity index (χ3v) is 3.05. The first-order valence-electron chi connectivity index (χ1n) is 4.01. The summed E-state index contributed by atoms with van der Waals surface area (Å²) >= 11 is 2.42. The fraction of sp³-hybridized carbons (Fsp3) is 0.875. The Morgan fingerprint density at radius 3 is 3.09 bits per heavy atom. The molecule has 1 aliphatic rings. The van der Waals surface area contributed by atoms with E-state index in [4.69, 9.17) is 4.74 Å². The van der Waals surface area contributed by atoms with Crippen molar-refractivity contribution in [3.63, 3.8) is 0 Å². The Bertz CT molecular complexity index is 147. The summed E-state index contributed by atoms with van der Waals surface area (Å²) in [4.78, 5) is 11.1. The predicted octanol–water partition coefficient (Wildman–Crippen LogP) is 2.15. The smallest absolute Gasteiger partial charge is 0.308 e. The number of halogens is 1. The fourth-order valence-electron chi connectivity index (χ4n) is 1.22. The maximum absolute atomic E-state index is 11.1. The molecule has 0 aromatic rings. The summed E-state index contributed by atoms with van der Waals surface area (Å²) in [5, 5.41) is 0. The molecule has 1 fully saturated rings.